The largest absolute Gasteiger partial charge is 0.416 e. The lowest BCUT2D eigenvalue weighted by Gasteiger charge is -2.16. The van der Waals surface area contributed by atoms with E-state index in [0.29, 0.717) is 12.0 Å². The number of hydrogen-bond acceptors (Lipinski definition) is 0. The van der Waals surface area contributed by atoms with E-state index in [9.17, 15) is 13.2 Å². The quantitative estimate of drug-likeness (QED) is 0.315. The summed E-state index contributed by atoms with van der Waals surface area (Å²) in [5.41, 5.74) is 5.45. The Morgan fingerprint density at radius 3 is 2.29 bits per heavy atom. The highest BCUT2D eigenvalue weighted by Gasteiger charge is 2.30. The Labute approximate surface area is 179 Å². The molecule has 3 aromatic carbocycles. The van der Waals surface area contributed by atoms with Crippen LogP contribution in [0.1, 0.15) is 41.3 Å². The molecule has 0 saturated heterocycles. The van der Waals surface area contributed by atoms with Crippen molar-refractivity contribution in [2.45, 2.75) is 19.5 Å². The summed E-state index contributed by atoms with van der Waals surface area (Å²) in [5.74, 6) is 0. The smallest absolute Gasteiger partial charge is 0.355 e. The van der Waals surface area contributed by atoms with Crippen LogP contribution >= 0.6 is 0 Å². The van der Waals surface area contributed by atoms with Crippen molar-refractivity contribution in [2.75, 3.05) is 0 Å². The van der Waals surface area contributed by atoms with E-state index in [4.69, 9.17) is 0 Å². The van der Waals surface area contributed by atoms with Crippen molar-refractivity contribution >= 4 is 28.1 Å². The molecule has 1 nitrogen and oxygen atoms in total. The third kappa shape index (κ3) is 4.19. The normalized spacial score (nSPS) is 12.6. The fourth-order valence-electron chi connectivity index (χ4n) is 3.89. The van der Waals surface area contributed by atoms with Crippen LogP contribution in [-0.2, 0) is 6.18 Å². The number of aromatic amines is 1. The average Bonchev–Trinajstić information content (AvgIpc) is 3.20. The van der Waals surface area contributed by atoms with Crippen molar-refractivity contribution in [3.8, 4) is 0 Å². The molecule has 0 amide bonds. The molecule has 1 aromatic heterocycles. The molecule has 0 aliphatic rings. The number of allylic oxidation sites excluding steroid dienone is 1. The molecule has 0 atom stereocenters. The first-order chi connectivity index (χ1) is 14.9. The minimum absolute atomic E-state index is 0.568. The Morgan fingerprint density at radius 2 is 1.65 bits per heavy atom. The predicted octanol–water partition coefficient (Wildman–Crippen LogP) is 8.20. The highest BCUT2D eigenvalue weighted by Crippen LogP contribution is 2.37. The van der Waals surface area contributed by atoms with E-state index in [-0.39, 0.29) is 0 Å². The zero-order valence-corrected chi connectivity index (χ0v) is 17.1. The lowest BCUT2D eigenvalue weighted by atomic mass is 9.89. The van der Waals surface area contributed by atoms with Gasteiger partial charge >= 0.3 is 6.18 Å². The topological polar surface area (TPSA) is 15.8 Å². The molecular weight excluding hydrogens is 395 g/mol. The van der Waals surface area contributed by atoms with Gasteiger partial charge in [0.1, 0.15) is 0 Å². The van der Waals surface area contributed by atoms with E-state index < -0.39 is 11.7 Å². The van der Waals surface area contributed by atoms with Crippen LogP contribution in [0.3, 0.4) is 0 Å². The maximum absolute atomic E-state index is 13.4. The lowest BCUT2D eigenvalue weighted by molar-refractivity contribution is -0.137. The summed E-state index contributed by atoms with van der Waals surface area (Å²) in [5, 5.41) is 1.05. The summed E-state index contributed by atoms with van der Waals surface area (Å²) in [4.78, 5) is 3.45. The highest BCUT2D eigenvalue weighted by molar-refractivity contribution is 6.00. The van der Waals surface area contributed by atoms with Gasteiger partial charge in [0.25, 0.3) is 0 Å². The second-order valence-corrected chi connectivity index (χ2v) is 7.38. The molecule has 4 heteroatoms. The Kier molecular flexibility index (Phi) is 5.55. The van der Waals surface area contributed by atoms with Gasteiger partial charge in [-0.25, -0.2) is 0 Å². The van der Waals surface area contributed by atoms with Crippen LogP contribution in [-0.4, -0.2) is 4.98 Å². The number of benzene rings is 3. The van der Waals surface area contributed by atoms with Gasteiger partial charge in [-0.15, -0.1) is 0 Å². The number of H-pyrrole nitrogens is 1. The van der Waals surface area contributed by atoms with Gasteiger partial charge in [0.15, 0.2) is 0 Å². The van der Waals surface area contributed by atoms with E-state index in [2.05, 4.69) is 17.6 Å². The van der Waals surface area contributed by atoms with E-state index in [1.807, 2.05) is 55.5 Å². The van der Waals surface area contributed by atoms with Crippen molar-refractivity contribution in [2.24, 2.45) is 0 Å². The molecule has 1 N–H and O–H groups in total. The monoisotopic (exact) mass is 417 g/mol. The Morgan fingerprint density at radius 1 is 0.903 bits per heavy atom. The summed E-state index contributed by atoms with van der Waals surface area (Å²) in [7, 11) is 0. The fourth-order valence-corrected chi connectivity index (χ4v) is 3.89. The molecule has 4 rings (SSSR count). The van der Waals surface area contributed by atoms with Crippen LogP contribution in [0, 0.1) is 0 Å². The van der Waals surface area contributed by atoms with Crippen LogP contribution < -0.4 is 0 Å². The van der Waals surface area contributed by atoms with Crippen molar-refractivity contribution < 1.29 is 13.2 Å². The first-order valence-electron chi connectivity index (χ1n) is 10.1. The Balaban J connectivity index is 1.99. The first kappa shape index (κ1) is 20.7. The summed E-state index contributed by atoms with van der Waals surface area (Å²) < 4.78 is 40.1. The van der Waals surface area contributed by atoms with Gasteiger partial charge < -0.3 is 4.98 Å². The van der Waals surface area contributed by atoms with Crippen LogP contribution in [0.15, 0.2) is 85.4 Å². The number of alkyl halides is 3. The number of aromatic nitrogens is 1. The van der Waals surface area contributed by atoms with Crippen LogP contribution in [0.2, 0.25) is 0 Å². The van der Waals surface area contributed by atoms with Crippen molar-refractivity contribution in [3.05, 3.63) is 113 Å². The maximum Gasteiger partial charge on any atom is 0.416 e. The highest BCUT2D eigenvalue weighted by atomic mass is 19.4. The van der Waals surface area contributed by atoms with Gasteiger partial charge in [0, 0.05) is 22.2 Å². The van der Waals surface area contributed by atoms with Crippen LogP contribution in [0.25, 0.3) is 28.1 Å². The van der Waals surface area contributed by atoms with Gasteiger partial charge in [0.2, 0.25) is 0 Å². The lowest BCUT2D eigenvalue weighted by Crippen LogP contribution is -2.05. The minimum Gasteiger partial charge on any atom is -0.355 e. The summed E-state index contributed by atoms with van der Waals surface area (Å²) in [6.45, 7) is 5.77. The second kappa shape index (κ2) is 8.31. The van der Waals surface area contributed by atoms with E-state index in [1.165, 1.54) is 12.1 Å². The number of halogens is 3. The van der Waals surface area contributed by atoms with Crippen molar-refractivity contribution in [3.63, 3.8) is 0 Å². The Hall–Kier alpha value is -3.53. The molecule has 4 aromatic rings. The van der Waals surface area contributed by atoms with Crippen molar-refractivity contribution in [1.82, 2.24) is 4.98 Å². The van der Waals surface area contributed by atoms with E-state index >= 15 is 0 Å². The van der Waals surface area contributed by atoms with E-state index in [1.54, 1.807) is 12.1 Å². The van der Waals surface area contributed by atoms with Crippen LogP contribution in [0.5, 0.6) is 0 Å². The molecule has 0 aliphatic carbocycles. The van der Waals surface area contributed by atoms with E-state index in [0.717, 1.165) is 44.9 Å². The summed E-state index contributed by atoms with van der Waals surface area (Å²) in [6.07, 6.45) is -2.04. The minimum atomic E-state index is -4.39. The Bertz CT molecular complexity index is 1220. The maximum atomic E-state index is 13.4. The second-order valence-electron chi connectivity index (χ2n) is 7.38. The molecule has 31 heavy (non-hydrogen) atoms. The number of para-hydroxylation sites is 1. The third-order valence-corrected chi connectivity index (χ3v) is 5.43. The zero-order chi connectivity index (χ0) is 22.0. The predicted molar refractivity (Wildman–Crippen MR) is 122 cm³/mol. The molecule has 0 radical (unpaired) electrons. The zero-order valence-electron chi connectivity index (χ0n) is 17.1. The number of rotatable bonds is 5. The molecule has 156 valence electrons. The summed E-state index contributed by atoms with van der Waals surface area (Å²) >= 11 is 0. The van der Waals surface area contributed by atoms with Gasteiger partial charge in [-0.2, -0.15) is 13.2 Å². The molecule has 0 unspecified atom stereocenters. The molecule has 0 spiro atoms. The molecule has 1 heterocycles. The number of fused-ring (bicyclic) bond motifs is 1. The van der Waals surface area contributed by atoms with Gasteiger partial charge in [0.05, 0.1) is 5.56 Å². The number of hydrogen-bond donors (Lipinski definition) is 1. The average molecular weight is 417 g/mol. The standard InChI is InChI=1S/C27H22F3N/c1-3-18-12-14-19(15-13-18)26(25-17-21-8-5-6-11-24(21)31-25)23(4-2)20-9-7-10-22(16-20)27(28,29)30/h3,5-17,31H,1,4H2,2H3/b26-23+. The van der Waals surface area contributed by atoms with Gasteiger partial charge in [-0.1, -0.05) is 74.2 Å². The molecular formula is C27H22F3N. The van der Waals surface area contributed by atoms with Crippen molar-refractivity contribution in [1.29, 1.82) is 0 Å². The molecule has 0 fully saturated rings. The summed E-state index contributed by atoms with van der Waals surface area (Å²) in [6, 6.07) is 23.4. The fraction of sp³-hybridized carbons (Fsp3) is 0.111. The third-order valence-electron chi connectivity index (χ3n) is 5.43. The van der Waals surface area contributed by atoms with Gasteiger partial charge in [-0.05, 0) is 52.9 Å². The molecule has 0 saturated carbocycles. The SMILES string of the molecule is C=Cc1ccc(/C(=C(/CC)c2cccc(C(F)(F)F)c2)c2cc3ccccc3[nH]2)cc1. The molecule has 0 bridgehead atoms. The van der Waals surface area contributed by atoms with Gasteiger partial charge in [-0.3, -0.25) is 0 Å². The first-order valence-corrected chi connectivity index (χ1v) is 10.1. The number of nitrogens with one attached hydrogen (secondary N) is 1. The van der Waals surface area contributed by atoms with Crippen LogP contribution in [0.4, 0.5) is 13.2 Å². The molecule has 0 aliphatic heterocycles.